The number of alkyl halides is 2. The lowest BCUT2D eigenvalue weighted by atomic mass is 10.4. The molecule has 0 atom stereocenters. The van der Waals surface area contributed by atoms with Crippen LogP contribution in [-0.4, -0.2) is 95.8 Å². The Hall–Kier alpha value is -1.48. The highest BCUT2D eigenvalue weighted by molar-refractivity contribution is 5.74. The van der Waals surface area contributed by atoms with Crippen LogP contribution in [0.2, 0.25) is 0 Å². The largest absolute Gasteiger partial charge is 0.480 e. The summed E-state index contributed by atoms with van der Waals surface area (Å²) in [6.07, 6.45) is -2.07. The van der Waals surface area contributed by atoms with E-state index in [1.165, 1.54) is 4.90 Å². The highest BCUT2D eigenvalue weighted by Crippen LogP contribution is 2.08. The minimum Gasteiger partial charge on any atom is -0.480 e. The van der Waals surface area contributed by atoms with Crippen LogP contribution in [0.5, 0.6) is 0 Å². The van der Waals surface area contributed by atoms with E-state index in [4.69, 9.17) is 10.2 Å². The lowest BCUT2D eigenvalue weighted by Crippen LogP contribution is -2.47. The van der Waals surface area contributed by atoms with Crippen LogP contribution in [0.15, 0.2) is 0 Å². The van der Waals surface area contributed by atoms with Crippen molar-refractivity contribution in [3.8, 4) is 0 Å². The van der Waals surface area contributed by atoms with Crippen molar-refractivity contribution in [2.45, 2.75) is 12.8 Å². The van der Waals surface area contributed by atoms with E-state index in [1.54, 1.807) is 4.90 Å². The summed E-state index contributed by atoms with van der Waals surface area (Å²) in [7, 11) is 0. The number of carbonyl (C=O) groups is 2. The van der Waals surface area contributed by atoms with Gasteiger partial charge in [-0.25, -0.2) is 13.6 Å². The molecule has 1 fully saturated rings. The standard InChI is InChI=1S/C12H21F2N3O4/c13-10(14)8-17(6-7-18)12(21)16-3-1-2-15(4-5-16)9-11(19)20/h10,18H,1-9H2,(H,19,20). The number of hydrogen-bond acceptors (Lipinski definition) is 4. The Kier molecular flexibility index (Phi) is 7.30. The number of aliphatic hydroxyl groups excluding tert-OH is 1. The second-order valence-corrected chi connectivity index (χ2v) is 4.85. The van der Waals surface area contributed by atoms with Gasteiger partial charge in [-0.05, 0) is 6.42 Å². The van der Waals surface area contributed by atoms with Crippen LogP contribution in [-0.2, 0) is 4.79 Å². The Morgan fingerprint density at radius 2 is 1.90 bits per heavy atom. The molecule has 0 spiro atoms. The van der Waals surface area contributed by atoms with Gasteiger partial charge >= 0.3 is 12.0 Å². The van der Waals surface area contributed by atoms with E-state index in [-0.39, 0.29) is 26.2 Å². The molecule has 1 aliphatic rings. The lowest BCUT2D eigenvalue weighted by molar-refractivity contribution is -0.138. The molecule has 0 unspecified atom stereocenters. The smallest absolute Gasteiger partial charge is 0.320 e. The normalized spacial score (nSPS) is 16.9. The van der Waals surface area contributed by atoms with Crippen molar-refractivity contribution >= 4 is 12.0 Å². The Morgan fingerprint density at radius 3 is 2.48 bits per heavy atom. The number of carbonyl (C=O) groups excluding carboxylic acids is 1. The van der Waals surface area contributed by atoms with E-state index in [9.17, 15) is 18.4 Å². The third kappa shape index (κ3) is 6.21. The summed E-state index contributed by atoms with van der Waals surface area (Å²) in [5.74, 6) is -0.936. The van der Waals surface area contributed by atoms with Gasteiger partial charge in [0.15, 0.2) is 0 Å². The van der Waals surface area contributed by atoms with Gasteiger partial charge in [-0.15, -0.1) is 0 Å². The fourth-order valence-electron chi connectivity index (χ4n) is 2.26. The van der Waals surface area contributed by atoms with Gasteiger partial charge in [0, 0.05) is 32.7 Å². The molecule has 0 aromatic rings. The minimum absolute atomic E-state index is 0.0978. The number of halogens is 2. The Balaban J connectivity index is 2.58. The van der Waals surface area contributed by atoms with E-state index < -0.39 is 25.0 Å². The summed E-state index contributed by atoms with van der Waals surface area (Å²) in [5, 5.41) is 17.6. The SMILES string of the molecule is O=C(O)CN1CCCN(C(=O)N(CCO)CC(F)F)CC1. The Morgan fingerprint density at radius 1 is 1.19 bits per heavy atom. The molecule has 0 aromatic heterocycles. The number of carboxylic acid groups (broad SMARTS) is 1. The van der Waals surface area contributed by atoms with E-state index in [2.05, 4.69) is 0 Å². The third-order valence-electron chi connectivity index (χ3n) is 3.22. The van der Waals surface area contributed by atoms with Gasteiger partial charge < -0.3 is 20.0 Å². The number of urea groups is 1. The number of aliphatic carboxylic acids is 1. The van der Waals surface area contributed by atoms with Crippen LogP contribution < -0.4 is 0 Å². The van der Waals surface area contributed by atoms with Crippen molar-refractivity contribution in [2.24, 2.45) is 0 Å². The van der Waals surface area contributed by atoms with E-state index in [0.717, 1.165) is 4.90 Å². The molecule has 0 aliphatic carbocycles. The summed E-state index contributed by atoms with van der Waals surface area (Å²) < 4.78 is 24.9. The first-order valence-electron chi connectivity index (χ1n) is 6.81. The molecular weight excluding hydrogens is 288 g/mol. The lowest BCUT2D eigenvalue weighted by Gasteiger charge is -2.29. The fourth-order valence-corrected chi connectivity index (χ4v) is 2.26. The average molecular weight is 309 g/mol. The minimum atomic E-state index is -2.66. The highest BCUT2D eigenvalue weighted by atomic mass is 19.3. The average Bonchev–Trinajstić information content (AvgIpc) is 2.62. The van der Waals surface area contributed by atoms with Crippen molar-refractivity contribution in [3.05, 3.63) is 0 Å². The number of hydrogen-bond donors (Lipinski definition) is 2. The monoisotopic (exact) mass is 309 g/mol. The number of rotatable bonds is 6. The van der Waals surface area contributed by atoms with Gasteiger partial charge in [-0.3, -0.25) is 9.69 Å². The molecule has 1 rings (SSSR count). The summed E-state index contributed by atoms with van der Waals surface area (Å²) in [5.41, 5.74) is 0. The summed E-state index contributed by atoms with van der Waals surface area (Å²) >= 11 is 0. The molecule has 21 heavy (non-hydrogen) atoms. The van der Waals surface area contributed by atoms with Crippen molar-refractivity contribution in [3.63, 3.8) is 0 Å². The predicted octanol–water partition coefficient (Wildman–Crippen LogP) is -0.242. The van der Waals surface area contributed by atoms with Crippen LogP contribution in [0, 0.1) is 0 Å². The van der Waals surface area contributed by atoms with Gasteiger partial charge in [-0.2, -0.15) is 0 Å². The molecule has 9 heteroatoms. The van der Waals surface area contributed by atoms with Crippen molar-refractivity contribution in [1.29, 1.82) is 0 Å². The zero-order valence-electron chi connectivity index (χ0n) is 11.7. The predicted molar refractivity (Wildman–Crippen MR) is 70.3 cm³/mol. The van der Waals surface area contributed by atoms with Gasteiger partial charge in [-0.1, -0.05) is 0 Å². The van der Waals surface area contributed by atoms with E-state index >= 15 is 0 Å². The van der Waals surface area contributed by atoms with Gasteiger partial charge in [0.05, 0.1) is 19.7 Å². The summed E-state index contributed by atoms with van der Waals surface area (Å²) in [6.45, 7) is 0.284. The van der Waals surface area contributed by atoms with Crippen LogP contribution in [0.1, 0.15) is 6.42 Å². The van der Waals surface area contributed by atoms with Crippen LogP contribution in [0.25, 0.3) is 0 Å². The number of amides is 2. The van der Waals surface area contributed by atoms with Crippen LogP contribution in [0.4, 0.5) is 13.6 Å². The molecule has 1 saturated heterocycles. The quantitative estimate of drug-likeness (QED) is 0.707. The summed E-state index contributed by atoms with van der Waals surface area (Å²) in [4.78, 5) is 26.9. The van der Waals surface area contributed by atoms with Crippen molar-refractivity contribution < 1.29 is 28.6 Å². The molecular formula is C12H21F2N3O4. The molecule has 2 amide bonds. The highest BCUT2D eigenvalue weighted by Gasteiger charge is 2.25. The van der Waals surface area contributed by atoms with Crippen LogP contribution >= 0.6 is 0 Å². The maximum absolute atomic E-state index is 12.5. The zero-order valence-corrected chi connectivity index (χ0v) is 11.7. The first-order valence-corrected chi connectivity index (χ1v) is 6.81. The van der Waals surface area contributed by atoms with Crippen molar-refractivity contribution in [2.75, 3.05) is 52.4 Å². The molecule has 0 bridgehead atoms. The maximum atomic E-state index is 12.5. The van der Waals surface area contributed by atoms with Crippen LogP contribution in [0.3, 0.4) is 0 Å². The second kappa shape index (κ2) is 8.73. The molecule has 1 heterocycles. The van der Waals surface area contributed by atoms with E-state index in [1.807, 2.05) is 0 Å². The van der Waals surface area contributed by atoms with E-state index in [0.29, 0.717) is 26.1 Å². The third-order valence-corrected chi connectivity index (χ3v) is 3.22. The topological polar surface area (TPSA) is 84.3 Å². The van der Waals surface area contributed by atoms with Gasteiger partial charge in [0.1, 0.15) is 0 Å². The molecule has 7 nitrogen and oxygen atoms in total. The molecule has 1 aliphatic heterocycles. The number of aliphatic hydroxyl groups is 1. The molecule has 122 valence electrons. The Labute approximate surface area is 121 Å². The number of carboxylic acids is 1. The van der Waals surface area contributed by atoms with Gasteiger partial charge in [0.25, 0.3) is 6.43 Å². The molecule has 0 radical (unpaired) electrons. The van der Waals surface area contributed by atoms with Crippen molar-refractivity contribution in [1.82, 2.24) is 14.7 Å². The summed E-state index contributed by atoms with van der Waals surface area (Å²) in [6, 6.07) is -0.540. The first-order chi connectivity index (χ1) is 9.93. The first kappa shape index (κ1) is 17.6. The molecule has 0 saturated carbocycles. The zero-order chi connectivity index (χ0) is 15.8. The molecule has 2 N–H and O–H groups in total. The maximum Gasteiger partial charge on any atom is 0.320 e. The van der Waals surface area contributed by atoms with Gasteiger partial charge in [0.2, 0.25) is 0 Å². The molecule has 0 aromatic carbocycles. The number of nitrogens with zero attached hydrogens (tertiary/aromatic N) is 3. The fraction of sp³-hybridized carbons (Fsp3) is 0.833. The second-order valence-electron chi connectivity index (χ2n) is 4.85. The Bertz CT molecular complexity index is 357.